The smallest absolute Gasteiger partial charge is 0.394 e. The van der Waals surface area contributed by atoms with Gasteiger partial charge in [0.25, 0.3) is 0 Å². The van der Waals surface area contributed by atoms with Crippen LogP contribution in [0.1, 0.15) is 13.3 Å². The van der Waals surface area contributed by atoms with Crippen molar-refractivity contribution >= 4 is 8.80 Å². The molecule has 0 bridgehead atoms. The zero-order valence-corrected chi connectivity index (χ0v) is 12.7. The Morgan fingerprint density at radius 3 is 1.94 bits per heavy atom. The maximum Gasteiger partial charge on any atom is 0.501 e. The molecule has 0 heterocycles. The molecule has 0 aromatic heterocycles. The van der Waals surface area contributed by atoms with E-state index in [4.69, 9.17) is 23.5 Å². The van der Waals surface area contributed by atoms with Crippen LogP contribution in [0.25, 0.3) is 0 Å². The number of aliphatic hydroxyl groups excluding tert-OH is 2. The van der Waals surface area contributed by atoms with Crippen molar-refractivity contribution in [3.63, 3.8) is 0 Å². The second-order valence-corrected chi connectivity index (χ2v) is 6.90. The molecule has 7 heteroatoms. The van der Waals surface area contributed by atoms with E-state index in [1.165, 1.54) is 0 Å². The van der Waals surface area contributed by atoms with Gasteiger partial charge in [-0.1, -0.05) is 0 Å². The summed E-state index contributed by atoms with van der Waals surface area (Å²) in [5.74, 6) is 0. The highest BCUT2D eigenvalue weighted by Gasteiger charge is 2.40. The lowest BCUT2D eigenvalue weighted by Gasteiger charge is -2.29. The van der Waals surface area contributed by atoms with Gasteiger partial charge in [-0.05, 0) is 34.0 Å². The molecule has 0 saturated carbocycles. The van der Waals surface area contributed by atoms with E-state index in [-0.39, 0.29) is 26.4 Å². The predicted octanol–water partition coefficient (Wildman–Crippen LogP) is -0.0687. The molecule has 0 spiro atoms. The van der Waals surface area contributed by atoms with Gasteiger partial charge in [0.2, 0.25) is 0 Å². The monoisotopic (exact) mass is 281 g/mol. The van der Waals surface area contributed by atoms with Crippen molar-refractivity contribution in [2.45, 2.75) is 19.4 Å². The van der Waals surface area contributed by atoms with Crippen LogP contribution in [0.5, 0.6) is 0 Å². The average Bonchev–Trinajstić information content (AvgIpc) is 2.33. The summed E-state index contributed by atoms with van der Waals surface area (Å²) >= 11 is 0. The van der Waals surface area contributed by atoms with Crippen LogP contribution in [-0.4, -0.2) is 77.6 Å². The summed E-state index contributed by atoms with van der Waals surface area (Å²) in [6, 6.07) is 0.693. The van der Waals surface area contributed by atoms with Gasteiger partial charge in [-0.3, -0.25) is 0 Å². The van der Waals surface area contributed by atoms with E-state index in [2.05, 4.69) is 4.90 Å². The third kappa shape index (κ3) is 8.14. The van der Waals surface area contributed by atoms with Gasteiger partial charge < -0.3 is 28.4 Å². The molecule has 0 unspecified atom stereocenters. The van der Waals surface area contributed by atoms with Crippen molar-refractivity contribution in [3.8, 4) is 0 Å². The van der Waals surface area contributed by atoms with Crippen LogP contribution in [0.3, 0.4) is 0 Å². The van der Waals surface area contributed by atoms with Gasteiger partial charge >= 0.3 is 8.80 Å². The lowest BCUT2D eigenvalue weighted by atomic mass is 10.5. The third-order valence-electron chi connectivity index (χ3n) is 2.28. The molecule has 0 atom stereocenters. The Labute approximate surface area is 111 Å². The molecule has 6 nitrogen and oxygen atoms in total. The van der Waals surface area contributed by atoms with E-state index < -0.39 is 8.80 Å². The Morgan fingerprint density at radius 1 is 1.00 bits per heavy atom. The molecule has 0 saturated heterocycles. The summed E-state index contributed by atoms with van der Waals surface area (Å²) in [7, 11) is 1.26. The Bertz CT molecular complexity index is 186. The fraction of sp³-hybridized carbons (Fsp3) is 1.00. The summed E-state index contributed by atoms with van der Waals surface area (Å²) in [5.41, 5.74) is 0. The highest BCUT2D eigenvalue weighted by atomic mass is 28.4. The highest BCUT2D eigenvalue weighted by molar-refractivity contribution is 6.60. The minimum Gasteiger partial charge on any atom is -0.394 e. The summed E-state index contributed by atoms with van der Waals surface area (Å²) in [5, 5.41) is 17.7. The van der Waals surface area contributed by atoms with Crippen LogP contribution in [-0.2, 0) is 13.3 Å². The second-order valence-electron chi connectivity index (χ2n) is 4.17. The second kappa shape index (κ2) is 10.9. The first-order valence-electron chi connectivity index (χ1n) is 6.38. The molecule has 0 rings (SSSR count). The topological polar surface area (TPSA) is 71.4 Å². The zero-order chi connectivity index (χ0) is 13.9. The van der Waals surface area contributed by atoms with Crippen LogP contribution in [0, 0.1) is 0 Å². The minimum absolute atomic E-state index is 0.0575. The molecule has 0 aliphatic heterocycles. The normalized spacial score (nSPS) is 12.3. The van der Waals surface area contributed by atoms with Crippen molar-refractivity contribution in [1.29, 1.82) is 0 Å². The zero-order valence-electron chi connectivity index (χ0n) is 11.7. The maximum atomic E-state index is 8.87. The van der Waals surface area contributed by atoms with Gasteiger partial charge in [0.1, 0.15) is 0 Å². The SMILES string of the molecule is CCO[Si](CCCN(C)C)(OCCO)OCCO. The molecule has 2 N–H and O–H groups in total. The molecule has 0 aliphatic carbocycles. The predicted molar refractivity (Wildman–Crippen MR) is 71.4 cm³/mol. The molecule has 0 aliphatic rings. The van der Waals surface area contributed by atoms with E-state index >= 15 is 0 Å². The van der Waals surface area contributed by atoms with Crippen LogP contribution < -0.4 is 0 Å². The molecule has 110 valence electrons. The summed E-state index contributed by atoms with van der Waals surface area (Å²) in [6.45, 7) is 3.62. The number of hydrogen-bond acceptors (Lipinski definition) is 6. The lowest BCUT2D eigenvalue weighted by Crippen LogP contribution is -2.47. The van der Waals surface area contributed by atoms with Crippen molar-refractivity contribution < 1.29 is 23.5 Å². The highest BCUT2D eigenvalue weighted by Crippen LogP contribution is 2.18. The van der Waals surface area contributed by atoms with Crippen molar-refractivity contribution in [2.24, 2.45) is 0 Å². The first kappa shape index (κ1) is 18.0. The molecule has 0 aromatic rings. The molecule has 0 amide bonds. The molecular weight excluding hydrogens is 254 g/mol. The molecule has 0 fully saturated rings. The third-order valence-corrected chi connectivity index (χ3v) is 5.26. The summed E-state index contributed by atoms with van der Waals surface area (Å²) in [6.07, 6.45) is 0.899. The minimum atomic E-state index is -2.75. The van der Waals surface area contributed by atoms with Crippen molar-refractivity contribution in [3.05, 3.63) is 0 Å². The first-order valence-corrected chi connectivity index (χ1v) is 8.31. The Kier molecular flexibility index (Phi) is 10.8. The number of rotatable bonds is 12. The lowest BCUT2D eigenvalue weighted by molar-refractivity contribution is 0.0388. The van der Waals surface area contributed by atoms with Crippen LogP contribution in [0.2, 0.25) is 6.04 Å². The first-order chi connectivity index (χ1) is 8.60. The molecule has 0 aromatic carbocycles. The van der Waals surface area contributed by atoms with Gasteiger partial charge in [0, 0.05) is 12.7 Å². The van der Waals surface area contributed by atoms with Gasteiger partial charge in [0.05, 0.1) is 26.4 Å². The average molecular weight is 281 g/mol. The van der Waals surface area contributed by atoms with Gasteiger partial charge in [0.15, 0.2) is 0 Å². The van der Waals surface area contributed by atoms with E-state index in [0.717, 1.165) is 13.0 Å². The largest absolute Gasteiger partial charge is 0.501 e. The standard InChI is InChI=1S/C11H27NO5Si/c1-4-15-18(16-9-7-13,17-10-8-14)11-5-6-12(2)3/h13-14H,4-11H2,1-3H3. The van der Waals surface area contributed by atoms with Crippen LogP contribution in [0.4, 0.5) is 0 Å². The summed E-state index contributed by atoms with van der Waals surface area (Å²) < 4.78 is 16.9. The van der Waals surface area contributed by atoms with Crippen molar-refractivity contribution in [1.82, 2.24) is 4.90 Å². The number of nitrogens with zero attached hydrogens (tertiary/aromatic N) is 1. The fourth-order valence-corrected chi connectivity index (χ4v) is 4.09. The number of hydrogen-bond donors (Lipinski definition) is 2. The maximum absolute atomic E-state index is 8.87. The molecular formula is C11H27NO5Si. The van der Waals surface area contributed by atoms with E-state index in [1.54, 1.807) is 0 Å². The van der Waals surface area contributed by atoms with Crippen molar-refractivity contribution in [2.75, 3.05) is 53.7 Å². The van der Waals surface area contributed by atoms with E-state index in [1.807, 2.05) is 21.0 Å². The quantitative estimate of drug-likeness (QED) is 0.488. The fourth-order valence-electron chi connectivity index (χ4n) is 1.58. The molecule has 18 heavy (non-hydrogen) atoms. The molecule has 0 radical (unpaired) electrons. The van der Waals surface area contributed by atoms with Crippen LogP contribution in [0.15, 0.2) is 0 Å². The van der Waals surface area contributed by atoms with Gasteiger partial charge in [-0.15, -0.1) is 0 Å². The van der Waals surface area contributed by atoms with E-state index in [0.29, 0.717) is 12.7 Å². The Morgan fingerprint density at radius 2 is 1.56 bits per heavy atom. The Hall–Kier alpha value is -0.0231. The van der Waals surface area contributed by atoms with Gasteiger partial charge in [-0.2, -0.15) is 0 Å². The van der Waals surface area contributed by atoms with Gasteiger partial charge in [-0.25, -0.2) is 0 Å². The Balaban J connectivity index is 4.38. The number of aliphatic hydroxyl groups is 2. The van der Waals surface area contributed by atoms with E-state index in [9.17, 15) is 0 Å². The summed E-state index contributed by atoms with van der Waals surface area (Å²) in [4.78, 5) is 2.09. The van der Waals surface area contributed by atoms with Crippen LogP contribution >= 0.6 is 0 Å².